The third-order valence-electron chi connectivity index (χ3n) is 6.55. The van der Waals surface area contributed by atoms with Crippen LogP contribution in [0.4, 0.5) is 5.69 Å². The quantitative estimate of drug-likeness (QED) is 0.460. The predicted molar refractivity (Wildman–Crippen MR) is 127 cm³/mol. The Kier molecular flexibility index (Phi) is 8.39. The second-order valence-electron chi connectivity index (χ2n) is 9.26. The summed E-state index contributed by atoms with van der Waals surface area (Å²) in [6, 6.07) is 15.6. The van der Waals surface area contributed by atoms with E-state index < -0.39 is 0 Å². The summed E-state index contributed by atoms with van der Waals surface area (Å²) in [7, 11) is 0. The number of anilines is 1. The van der Waals surface area contributed by atoms with Crippen LogP contribution in [-0.2, 0) is 10.2 Å². The molecule has 31 heavy (non-hydrogen) atoms. The molecule has 2 aromatic carbocycles. The van der Waals surface area contributed by atoms with Crippen molar-refractivity contribution in [2.75, 3.05) is 18.5 Å². The van der Waals surface area contributed by atoms with E-state index in [-0.39, 0.29) is 17.9 Å². The van der Waals surface area contributed by atoms with Crippen LogP contribution in [0, 0.1) is 5.92 Å². The van der Waals surface area contributed by atoms with Gasteiger partial charge in [-0.05, 0) is 66.1 Å². The van der Waals surface area contributed by atoms with Crippen LogP contribution in [0.1, 0.15) is 71.3 Å². The van der Waals surface area contributed by atoms with Crippen LogP contribution in [0.25, 0.3) is 0 Å². The van der Waals surface area contributed by atoms with E-state index in [9.17, 15) is 4.79 Å². The summed E-state index contributed by atoms with van der Waals surface area (Å²) in [5, 5.41) is 2.87. The Bertz CT molecular complexity index is 805. The van der Waals surface area contributed by atoms with Gasteiger partial charge in [0, 0.05) is 5.69 Å². The van der Waals surface area contributed by atoms with Gasteiger partial charge in [0.25, 0.3) is 5.91 Å². The number of carbonyl (C=O) groups excluding carboxylic acids is 1. The summed E-state index contributed by atoms with van der Waals surface area (Å²) in [6.45, 7) is 7.38. The predicted octanol–water partition coefficient (Wildman–Crippen LogP) is 6.74. The van der Waals surface area contributed by atoms with Crippen molar-refractivity contribution < 1.29 is 14.3 Å². The van der Waals surface area contributed by atoms with Crippen molar-refractivity contribution in [2.45, 2.75) is 71.1 Å². The molecule has 1 saturated carbocycles. The highest BCUT2D eigenvalue weighted by Crippen LogP contribution is 2.28. The van der Waals surface area contributed by atoms with Crippen molar-refractivity contribution >= 4 is 11.6 Å². The van der Waals surface area contributed by atoms with E-state index in [4.69, 9.17) is 9.47 Å². The maximum atomic E-state index is 12.2. The molecule has 4 nitrogen and oxygen atoms in total. The largest absolute Gasteiger partial charge is 0.494 e. The number of rotatable bonds is 10. The average molecular weight is 424 g/mol. The van der Waals surface area contributed by atoms with Crippen LogP contribution in [0.5, 0.6) is 11.5 Å². The van der Waals surface area contributed by atoms with Gasteiger partial charge in [-0.25, -0.2) is 0 Å². The van der Waals surface area contributed by atoms with E-state index in [2.05, 4.69) is 38.2 Å². The molecule has 168 valence electrons. The first-order chi connectivity index (χ1) is 15.0. The number of ether oxygens (including phenoxy) is 2. The molecule has 0 aliphatic heterocycles. The van der Waals surface area contributed by atoms with E-state index in [0.29, 0.717) is 5.75 Å². The summed E-state index contributed by atoms with van der Waals surface area (Å²) in [5.74, 6) is 2.19. The number of hydrogen-bond acceptors (Lipinski definition) is 3. The van der Waals surface area contributed by atoms with Crippen molar-refractivity contribution in [1.29, 1.82) is 0 Å². The minimum Gasteiger partial charge on any atom is -0.494 e. The highest BCUT2D eigenvalue weighted by Gasteiger charge is 2.17. The molecule has 0 aromatic heterocycles. The van der Waals surface area contributed by atoms with Crippen LogP contribution in [0.3, 0.4) is 0 Å². The number of hydrogen-bond donors (Lipinski definition) is 1. The average Bonchev–Trinajstić information content (AvgIpc) is 2.80. The van der Waals surface area contributed by atoms with Crippen molar-refractivity contribution in [3.8, 4) is 11.5 Å². The molecule has 2 aromatic rings. The van der Waals surface area contributed by atoms with Crippen LogP contribution in [0.2, 0.25) is 0 Å². The Morgan fingerprint density at radius 3 is 2.19 bits per heavy atom. The van der Waals surface area contributed by atoms with Gasteiger partial charge in [-0.15, -0.1) is 0 Å². The van der Waals surface area contributed by atoms with Gasteiger partial charge in [0.1, 0.15) is 11.5 Å². The molecule has 0 atom stereocenters. The third kappa shape index (κ3) is 7.30. The Morgan fingerprint density at radius 1 is 0.935 bits per heavy atom. The van der Waals surface area contributed by atoms with E-state index >= 15 is 0 Å². The molecule has 1 aliphatic rings. The zero-order chi connectivity index (χ0) is 22.1. The Labute approximate surface area is 187 Å². The minimum absolute atomic E-state index is 0.0177. The van der Waals surface area contributed by atoms with E-state index in [1.54, 1.807) is 0 Å². The standard InChI is InChI=1S/C27H37NO3/c1-4-27(2,3)22-10-14-25(15-11-22)31-20-26(29)28-23-12-16-24(17-13-23)30-19-18-21-8-6-5-7-9-21/h10-17,21H,4-9,18-20H2,1-3H3,(H,28,29). The van der Waals surface area contributed by atoms with Crippen LogP contribution < -0.4 is 14.8 Å². The molecule has 0 bridgehead atoms. The monoisotopic (exact) mass is 423 g/mol. The molecule has 0 saturated heterocycles. The highest BCUT2D eigenvalue weighted by molar-refractivity contribution is 5.91. The molecular weight excluding hydrogens is 386 g/mol. The van der Waals surface area contributed by atoms with Crippen LogP contribution in [-0.4, -0.2) is 19.1 Å². The zero-order valence-corrected chi connectivity index (χ0v) is 19.3. The van der Waals surface area contributed by atoms with Crippen LogP contribution >= 0.6 is 0 Å². The molecule has 1 N–H and O–H groups in total. The molecular formula is C27H37NO3. The van der Waals surface area contributed by atoms with Gasteiger partial charge in [-0.1, -0.05) is 65.0 Å². The molecule has 1 fully saturated rings. The molecule has 0 heterocycles. The molecule has 1 aliphatic carbocycles. The number of nitrogens with one attached hydrogen (secondary N) is 1. The summed E-state index contributed by atoms with van der Waals surface area (Å²) in [4.78, 5) is 12.2. The molecule has 4 heteroatoms. The first-order valence-corrected chi connectivity index (χ1v) is 11.7. The minimum atomic E-state index is -0.177. The summed E-state index contributed by atoms with van der Waals surface area (Å²) < 4.78 is 11.5. The van der Waals surface area contributed by atoms with Crippen molar-refractivity contribution in [3.05, 3.63) is 54.1 Å². The lowest BCUT2D eigenvalue weighted by Gasteiger charge is -2.23. The summed E-state index contributed by atoms with van der Waals surface area (Å²) in [5.41, 5.74) is 2.16. The molecule has 0 unspecified atom stereocenters. The van der Waals surface area contributed by atoms with Gasteiger partial charge in [-0.2, -0.15) is 0 Å². The molecule has 0 radical (unpaired) electrons. The third-order valence-corrected chi connectivity index (χ3v) is 6.55. The fraction of sp³-hybridized carbons (Fsp3) is 0.519. The second-order valence-corrected chi connectivity index (χ2v) is 9.26. The fourth-order valence-electron chi connectivity index (χ4n) is 4.01. The van der Waals surface area contributed by atoms with Gasteiger partial charge in [0.05, 0.1) is 6.61 Å². The van der Waals surface area contributed by atoms with E-state index in [1.165, 1.54) is 37.7 Å². The first kappa shape index (κ1) is 23.2. The Balaban J connectivity index is 1.39. The van der Waals surface area contributed by atoms with E-state index in [0.717, 1.165) is 36.8 Å². The smallest absolute Gasteiger partial charge is 0.262 e. The van der Waals surface area contributed by atoms with Gasteiger partial charge < -0.3 is 14.8 Å². The van der Waals surface area contributed by atoms with E-state index in [1.807, 2.05) is 36.4 Å². The highest BCUT2D eigenvalue weighted by atomic mass is 16.5. The maximum absolute atomic E-state index is 12.2. The van der Waals surface area contributed by atoms with Gasteiger partial charge in [0.15, 0.2) is 6.61 Å². The fourth-order valence-corrected chi connectivity index (χ4v) is 4.01. The number of amides is 1. The normalized spacial score (nSPS) is 14.8. The van der Waals surface area contributed by atoms with Crippen LogP contribution in [0.15, 0.2) is 48.5 Å². The lowest BCUT2D eigenvalue weighted by molar-refractivity contribution is -0.118. The van der Waals surface area contributed by atoms with Gasteiger partial charge >= 0.3 is 0 Å². The maximum Gasteiger partial charge on any atom is 0.262 e. The van der Waals surface area contributed by atoms with Gasteiger partial charge in [-0.3, -0.25) is 4.79 Å². The summed E-state index contributed by atoms with van der Waals surface area (Å²) in [6.07, 6.45) is 9.01. The topological polar surface area (TPSA) is 47.6 Å². The second kappa shape index (κ2) is 11.2. The molecule has 3 rings (SSSR count). The van der Waals surface area contributed by atoms with Gasteiger partial charge in [0.2, 0.25) is 0 Å². The molecule has 1 amide bonds. The molecule has 0 spiro atoms. The Hall–Kier alpha value is -2.49. The zero-order valence-electron chi connectivity index (χ0n) is 19.3. The van der Waals surface area contributed by atoms with Crippen molar-refractivity contribution in [3.63, 3.8) is 0 Å². The van der Waals surface area contributed by atoms with Crippen molar-refractivity contribution in [2.24, 2.45) is 5.92 Å². The Morgan fingerprint density at radius 2 is 1.55 bits per heavy atom. The number of benzene rings is 2. The number of carbonyl (C=O) groups is 1. The lowest BCUT2D eigenvalue weighted by atomic mass is 9.82. The van der Waals surface area contributed by atoms with Crippen molar-refractivity contribution in [1.82, 2.24) is 0 Å². The first-order valence-electron chi connectivity index (χ1n) is 11.7. The lowest BCUT2D eigenvalue weighted by Crippen LogP contribution is -2.20. The summed E-state index contributed by atoms with van der Waals surface area (Å²) >= 11 is 0. The SMILES string of the molecule is CCC(C)(C)c1ccc(OCC(=O)Nc2ccc(OCCC3CCCCC3)cc2)cc1.